The molecule has 6 nitrogen and oxygen atoms in total. The van der Waals surface area contributed by atoms with Gasteiger partial charge in [0.15, 0.2) is 0 Å². The van der Waals surface area contributed by atoms with Gasteiger partial charge in [0, 0.05) is 25.0 Å². The molecule has 0 aliphatic heterocycles. The molecule has 0 atom stereocenters. The van der Waals surface area contributed by atoms with Crippen LogP contribution in [-0.4, -0.2) is 32.2 Å². The standard InChI is InChI=1S/C11H17N3O3S/c1-2-17-9-5-8(6-9)14-18(15,16)11-7-13-4-3-10(11)12/h3-4,7-9,14H,2,5-6H2,1H3,(H2,12,13). The minimum absolute atomic E-state index is 0.0323. The van der Waals surface area contributed by atoms with Crippen LogP contribution in [0.4, 0.5) is 5.69 Å². The van der Waals surface area contributed by atoms with Crippen molar-refractivity contribution in [3.8, 4) is 0 Å². The van der Waals surface area contributed by atoms with Crippen LogP contribution in [0.2, 0.25) is 0 Å². The quantitative estimate of drug-likeness (QED) is 0.813. The molecule has 1 heterocycles. The summed E-state index contributed by atoms with van der Waals surface area (Å²) in [6.07, 6.45) is 4.29. The molecule has 1 aromatic rings. The number of nitrogens with two attached hydrogens (primary N) is 1. The molecule has 18 heavy (non-hydrogen) atoms. The lowest BCUT2D eigenvalue weighted by Crippen LogP contribution is -2.47. The molecule has 3 N–H and O–H groups in total. The van der Waals surface area contributed by atoms with Crippen LogP contribution >= 0.6 is 0 Å². The Balaban J connectivity index is 2.00. The van der Waals surface area contributed by atoms with E-state index in [0.29, 0.717) is 19.4 Å². The largest absolute Gasteiger partial charge is 0.398 e. The highest BCUT2D eigenvalue weighted by molar-refractivity contribution is 7.89. The van der Waals surface area contributed by atoms with E-state index in [1.54, 1.807) is 0 Å². The molecule has 1 aliphatic carbocycles. The Kier molecular flexibility index (Phi) is 3.84. The molecule has 1 aliphatic rings. The van der Waals surface area contributed by atoms with Gasteiger partial charge >= 0.3 is 0 Å². The van der Waals surface area contributed by atoms with E-state index in [4.69, 9.17) is 10.5 Å². The number of aromatic nitrogens is 1. The van der Waals surface area contributed by atoms with E-state index < -0.39 is 10.0 Å². The van der Waals surface area contributed by atoms with Gasteiger partial charge in [-0.15, -0.1) is 0 Å². The topological polar surface area (TPSA) is 94.3 Å². The number of hydrogen-bond donors (Lipinski definition) is 2. The van der Waals surface area contributed by atoms with Gasteiger partial charge in [0.2, 0.25) is 10.0 Å². The highest BCUT2D eigenvalue weighted by atomic mass is 32.2. The Labute approximate surface area is 107 Å². The van der Waals surface area contributed by atoms with Gasteiger partial charge in [-0.1, -0.05) is 0 Å². The van der Waals surface area contributed by atoms with Crippen molar-refractivity contribution >= 4 is 15.7 Å². The van der Waals surface area contributed by atoms with Crippen molar-refractivity contribution in [3.05, 3.63) is 18.5 Å². The minimum Gasteiger partial charge on any atom is -0.398 e. The first kappa shape index (κ1) is 13.3. The third kappa shape index (κ3) is 2.80. The summed E-state index contributed by atoms with van der Waals surface area (Å²) >= 11 is 0. The Morgan fingerprint density at radius 1 is 1.56 bits per heavy atom. The highest BCUT2D eigenvalue weighted by Gasteiger charge is 2.33. The molecule has 0 saturated heterocycles. The number of ether oxygens (including phenoxy) is 1. The van der Waals surface area contributed by atoms with Gasteiger partial charge < -0.3 is 10.5 Å². The first-order chi connectivity index (χ1) is 8.53. The van der Waals surface area contributed by atoms with Crippen LogP contribution in [0.15, 0.2) is 23.4 Å². The zero-order valence-corrected chi connectivity index (χ0v) is 11.0. The number of rotatable bonds is 5. The molecule has 0 amide bonds. The summed E-state index contributed by atoms with van der Waals surface area (Å²) in [7, 11) is -3.58. The summed E-state index contributed by atoms with van der Waals surface area (Å²) in [4.78, 5) is 3.82. The molecular formula is C11H17N3O3S. The van der Waals surface area contributed by atoms with Crippen molar-refractivity contribution in [2.75, 3.05) is 12.3 Å². The molecule has 0 unspecified atom stereocenters. The number of pyridine rings is 1. The second kappa shape index (κ2) is 5.21. The Bertz CT molecular complexity index is 512. The van der Waals surface area contributed by atoms with Crippen molar-refractivity contribution < 1.29 is 13.2 Å². The van der Waals surface area contributed by atoms with Crippen molar-refractivity contribution in [1.29, 1.82) is 0 Å². The van der Waals surface area contributed by atoms with Gasteiger partial charge in [0.1, 0.15) is 4.90 Å². The van der Waals surface area contributed by atoms with E-state index in [2.05, 4.69) is 9.71 Å². The van der Waals surface area contributed by atoms with Crippen molar-refractivity contribution in [3.63, 3.8) is 0 Å². The Morgan fingerprint density at radius 3 is 2.89 bits per heavy atom. The summed E-state index contributed by atoms with van der Waals surface area (Å²) in [6.45, 7) is 2.58. The molecule has 0 spiro atoms. The number of nitrogen functional groups attached to an aromatic ring is 1. The molecular weight excluding hydrogens is 254 g/mol. The first-order valence-electron chi connectivity index (χ1n) is 5.86. The zero-order chi connectivity index (χ0) is 13.2. The molecule has 2 rings (SSSR count). The summed E-state index contributed by atoms with van der Waals surface area (Å²) < 4.78 is 32.1. The van der Waals surface area contributed by atoms with E-state index >= 15 is 0 Å². The fraction of sp³-hybridized carbons (Fsp3) is 0.545. The van der Waals surface area contributed by atoms with E-state index in [1.807, 2.05) is 6.92 Å². The summed E-state index contributed by atoms with van der Waals surface area (Å²) in [5.74, 6) is 0. The normalized spacial score (nSPS) is 23.6. The average molecular weight is 271 g/mol. The number of nitrogens with zero attached hydrogens (tertiary/aromatic N) is 1. The van der Waals surface area contributed by atoms with Crippen LogP contribution in [0.5, 0.6) is 0 Å². The van der Waals surface area contributed by atoms with Gasteiger partial charge in [-0.05, 0) is 25.8 Å². The molecule has 1 saturated carbocycles. The number of hydrogen-bond acceptors (Lipinski definition) is 5. The van der Waals surface area contributed by atoms with E-state index in [1.165, 1.54) is 18.5 Å². The van der Waals surface area contributed by atoms with Gasteiger partial charge in [0.05, 0.1) is 11.8 Å². The van der Waals surface area contributed by atoms with Crippen LogP contribution in [0.3, 0.4) is 0 Å². The maximum Gasteiger partial charge on any atom is 0.244 e. The Hall–Kier alpha value is -1.18. The van der Waals surface area contributed by atoms with Gasteiger partial charge in [0.25, 0.3) is 0 Å². The summed E-state index contributed by atoms with van der Waals surface area (Å²) in [5, 5.41) is 0. The molecule has 7 heteroatoms. The second-order valence-corrected chi connectivity index (χ2v) is 5.96. The van der Waals surface area contributed by atoms with Crippen LogP contribution in [-0.2, 0) is 14.8 Å². The lowest BCUT2D eigenvalue weighted by molar-refractivity contribution is -0.00475. The summed E-state index contributed by atoms with van der Waals surface area (Å²) in [6, 6.07) is 1.39. The molecule has 100 valence electrons. The molecule has 0 bridgehead atoms. The van der Waals surface area contributed by atoms with Crippen LogP contribution in [0.1, 0.15) is 19.8 Å². The lowest BCUT2D eigenvalue weighted by Gasteiger charge is -2.35. The molecule has 0 aromatic carbocycles. The third-order valence-electron chi connectivity index (χ3n) is 2.92. The SMILES string of the molecule is CCOC1CC(NS(=O)(=O)c2cnccc2N)C1. The van der Waals surface area contributed by atoms with Gasteiger partial charge in [-0.25, -0.2) is 13.1 Å². The Morgan fingerprint density at radius 2 is 2.28 bits per heavy atom. The number of sulfonamides is 1. The minimum atomic E-state index is -3.58. The number of nitrogens with one attached hydrogen (secondary N) is 1. The number of anilines is 1. The van der Waals surface area contributed by atoms with Crippen LogP contribution < -0.4 is 10.5 Å². The predicted octanol–water partition coefficient (Wildman–Crippen LogP) is 0.510. The first-order valence-corrected chi connectivity index (χ1v) is 7.34. The van der Waals surface area contributed by atoms with E-state index in [0.717, 1.165) is 0 Å². The second-order valence-electron chi connectivity index (χ2n) is 4.28. The molecule has 1 fully saturated rings. The van der Waals surface area contributed by atoms with Crippen molar-refractivity contribution in [1.82, 2.24) is 9.71 Å². The molecule has 1 aromatic heterocycles. The average Bonchev–Trinajstić information content (AvgIpc) is 2.26. The van der Waals surface area contributed by atoms with Gasteiger partial charge in [-0.3, -0.25) is 4.98 Å². The predicted molar refractivity (Wildman–Crippen MR) is 67.4 cm³/mol. The van der Waals surface area contributed by atoms with Crippen LogP contribution in [0.25, 0.3) is 0 Å². The van der Waals surface area contributed by atoms with Crippen molar-refractivity contribution in [2.24, 2.45) is 0 Å². The maximum absolute atomic E-state index is 12.0. The van der Waals surface area contributed by atoms with E-state index in [-0.39, 0.29) is 22.7 Å². The monoisotopic (exact) mass is 271 g/mol. The van der Waals surface area contributed by atoms with E-state index in [9.17, 15) is 8.42 Å². The van der Waals surface area contributed by atoms with Crippen molar-refractivity contribution in [2.45, 2.75) is 36.8 Å². The van der Waals surface area contributed by atoms with Crippen LogP contribution in [0, 0.1) is 0 Å². The fourth-order valence-electron chi connectivity index (χ4n) is 1.93. The smallest absolute Gasteiger partial charge is 0.244 e. The third-order valence-corrected chi connectivity index (χ3v) is 4.49. The highest BCUT2D eigenvalue weighted by Crippen LogP contribution is 2.26. The molecule has 0 radical (unpaired) electrons. The zero-order valence-electron chi connectivity index (χ0n) is 10.2. The summed E-state index contributed by atoms with van der Waals surface area (Å²) in [5.41, 5.74) is 5.84. The van der Waals surface area contributed by atoms with Gasteiger partial charge in [-0.2, -0.15) is 0 Å². The lowest BCUT2D eigenvalue weighted by atomic mass is 9.90. The fourth-order valence-corrected chi connectivity index (χ4v) is 3.27. The maximum atomic E-state index is 12.0.